The molecule has 0 aliphatic carbocycles. The second-order valence-corrected chi connectivity index (χ2v) is 7.62. The molecule has 2 aromatic rings. The lowest BCUT2D eigenvalue weighted by Gasteiger charge is -2.31. The van der Waals surface area contributed by atoms with Crippen molar-refractivity contribution in [3.05, 3.63) is 63.7 Å². The normalized spacial score (nSPS) is 15.5. The number of amidine groups is 1. The van der Waals surface area contributed by atoms with Gasteiger partial charge in [0.25, 0.3) is 5.91 Å². The SMILES string of the molecule is CCC.CN=C1c2c(Cl)cccc2C(=O)N1c1ccc(C(F)(C(F)(F)F)C(F)(F)F)cc1C. The summed E-state index contributed by atoms with van der Waals surface area (Å²) in [5.74, 6) is -0.559. The van der Waals surface area contributed by atoms with Gasteiger partial charge in [-0.05, 0) is 30.7 Å². The fourth-order valence-corrected chi connectivity index (χ4v) is 3.56. The van der Waals surface area contributed by atoms with Crippen LogP contribution in [0.15, 0.2) is 41.4 Å². The summed E-state index contributed by atoms with van der Waals surface area (Å²) < 4.78 is 92.5. The monoisotopic (exact) mass is 496 g/mol. The van der Waals surface area contributed by atoms with Crippen molar-refractivity contribution in [3.8, 4) is 0 Å². The minimum absolute atomic E-state index is 0.0525. The Kier molecular flexibility index (Phi) is 7.52. The number of carbonyl (C=O) groups excluding carboxylic acids is 1. The minimum atomic E-state index is -6.23. The van der Waals surface area contributed by atoms with Crippen molar-refractivity contribution >= 4 is 29.0 Å². The van der Waals surface area contributed by atoms with Crippen LogP contribution >= 0.6 is 11.6 Å². The summed E-state index contributed by atoms with van der Waals surface area (Å²) in [5.41, 5.74) is -7.00. The Labute approximate surface area is 190 Å². The molecule has 0 atom stereocenters. The van der Waals surface area contributed by atoms with Crippen LogP contribution in [-0.4, -0.2) is 31.1 Å². The number of carbonyl (C=O) groups is 1. The molecule has 0 aromatic heterocycles. The van der Waals surface area contributed by atoms with Gasteiger partial charge in [0, 0.05) is 18.2 Å². The summed E-state index contributed by atoms with van der Waals surface area (Å²) in [6, 6.07) is 6.06. The maximum absolute atomic E-state index is 14.3. The number of benzene rings is 2. The Balaban J connectivity index is 0.00000122. The molecule has 1 amide bonds. The Morgan fingerprint density at radius 2 is 1.52 bits per heavy atom. The first-order chi connectivity index (χ1) is 15.2. The van der Waals surface area contributed by atoms with Crippen molar-refractivity contribution in [1.82, 2.24) is 0 Å². The number of hydrogen-bond donors (Lipinski definition) is 0. The number of amides is 1. The fourth-order valence-electron chi connectivity index (χ4n) is 3.30. The maximum atomic E-state index is 14.3. The van der Waals surface area contributed by atoms with Crippen LogP contribution in [0.25, 0.3) is 0 Å². The summed E-state index contributed by atoms with van der Waals surface area (Å²) in [7, 11) is 1.34. The van der Waals surface area contributed by atoms with E-state index in [4.69, 9.17) is 11.6 Å². The Morgan fingerprint density at radius 1 is 0.970 bits per heavy atom. The van der Waals surface area contributed by atoms with Gasteiger partial charge in [-0.2, -0.15) is 26.3 Å². The molecule has 0 N–H and O–H groups in total. The summed E-state index contributed by atoms with van der Waals surface area (Å²) in [6.07, 6.45) is -11.2. The predicted octanol–water partition coefficient (Wildman–Crippen LogP) is 7.39. The number of hydrogen-bond acceptors (Lipinski definition) is 2. The number of alkyl halides is 7. The molecular weight excluding hydrogens is 477 g/mol. The largest absolute Gasteiger partial charge is 0.435 e. The molecule has 33 heavy (non-hydrogen) atoms. The average Bonchev–Trinajstić information content (AvgIpc) is 2.99. The van der Waals surface area contributed by atoms with Crippen molar-refractivity contribution in [2.75, 3.05) is 11.9 Å². The molecule has 11 heteroatoms. The number of rotatable bonds is 2. The first-order valence-corrected chi connectivity index (χ1v) is 10.1. The number of aryl methyl sites for hydroxylation is 1. The molecule has 1 aliphatic rings. The summed E-state index contributed by atoms with van der Waals surface area (Å²) in [4.78, 5) is 17.8. The Bertz CT molecular complexity index is 1060. The van der Waals surface area contributed by atoms with Crippen LogP contribution in [0.2, 0.25) is 5.02 Å². The minimum Gasteiger partial charge on any atom is -0.271 e. The van der Waals surface area contributed by atoms with Gasteiger partial charge in [-0.1, -0.05) is 50.1 Å². The molecule has 0 radical (unpaired) electrons. The van der Waals surface area contributed by atoms with E-state index >= 15 is 0 Å². The number of nitrogens with zero attached hydrogens (tertiary/aromatic N) is 2. The molecule has 0 bridgehead atoms. The smallest absolute Gasteiger partial charge is 0.271 e. The fraction of sp³-hybridized carbons (Fsp3) is 0.364. The highest BCUT2D eigenvalue weighted by Gasteiger charge is 2.73. The first-order valence-electron chi connectivity index (χ1n) is 9.70. The highest BCUT2D eigenvalue weighted by atomic mass is 35.5. The van der Waals surface area contributed by atoms with Gasteiger partial charge in [-0.25, -0.2) is 4.39 Å². The quantitative estimate of drug-likeness (QED) is 0.399. The van der Waals surface area contributed by atoms with E-state index in [1.165, 1.54) is 31.7 Å². The molecule has 180 valence electrons. The third-order valence-corrected chi connectivity index (χ3v) is 5.03. The van der Waals surface area contributed by atoms with Crippen LogP contribution in [0.5, 0.6) is 0 Å². The van der Waals surface area contributed by atoms with Crippen LogP contribution in [0.3, 0.4) is 0 Å². The molecule has 0 spiro atoms. The highest BCUT2D eigenvalue weighted by Crippen LogP contribution is 2.53. The third kappa shape index (κ3) is 4.45. The first kappa shape index (κ1) is 26.6. The van der Waals surface area contributed by atoms with E-state index in [9.17, 15) is 35.5 Å². The standard InChI is InChI=1S/C19H12ClF7N2O.C3H8/c1-9-8-10(17(21,18(22,23)24)19(25,26)27)6-7-13(9)29-15(28-2)14-11(16(29)30)4-3-5-12(14)20;1-3-2/h3-8H,1-2H3;3H2,1-2H3. The maximum Gasteiger partial charge on any atom is 0.435 e. The van der Waals surface area contributed by atoms with Crippen molar-refractivity contribution < 1.29 is 35.5 Å². The van der Waals surface area contributed by atoms with E-state index in [1.54, 1.807) is 0 Å². The molecular formula is C22H20ClF7N2O. The second kappa shape index (κ2) is 9.32. The topological polar surface area (TPSA) is 32.7 Å². The van der Waals surface area contributed by atoms with Crippen LogP contribution in [0.1, 0.15) is 47.3 Å². The average molecular weight is 497 g/mol. The molecule has 0 fully saturated rings. The van der Waals surface area contributed by atoms with Crippen molar-refractivity contribution in [3.63, 3.8) is 0 Å². The molecule has 0 unspecified atom stereocenters. The Morgan fingerprint density at radius 3 is 1.97 bits per heavy atom. The lowest BCUT2D eigenvalue weighted by Crippen LogP contribution is -2.50. The van der Waals surface area contributed by atoms with Crippen LogP contribution in [-0.2, 0) is 5.67 Å². The molecule has 3 rings (SSSR count). The zero-order valence-corrected chi connectivity index (χ0v) is 18.8. The van der Waals surface area contributed by atoms with Crippen molar-refractivity contribution in [2.24, 2.45) is 4.99 Å². The van der Waals surface area contributed by atoms with E-state index < -0.39 is 29.5 Å². The van der Waals surface area contributed by atoms with Gasteiger partial charge in [0.1, 0.15) is 5.84 Å². The van der Waals surface area contributed by atoms with Gasteiger partial charge < -0.3 is 0 Å². The van der Waals surface area contributed by atoms with E-state index in [0.29, 0.717) is 12.1 Å². The van der Waals surface area contributed by atoms with Crippen LogP contribution < -0.4 is 4.90 Å². The summed E-state index contributed by atoms with van der Waals surface area (Å²) in [6.45, 7) is 5.41. The molecule has 3 nitrogen and oxygen atoms in total. The zero-order chi connectivity index (χ0) is 25.4. The molecule has 0 saturated heterocycles. The van der Waals surface area contributed by atoms with E-state index in [1.807, 2.05) is 0 Å². The molecule has 0 saturated carbocycles. The van der Waals surface area contributed by atoms with Gasteiger partial charge in [0.15, 0.2) is 0 Å². The predicted molar refractivity (Wildman–Crippen MR) is 113 cm³/mol. The number of anilines is 1. The van der Waals surface area contributed by atoms with E-state index in [0.717, 1.165) is 17.9 Å². The zero-order valence-electron chi connectivity index (χ0n) is 18.0. The summed E-state index contributed by atoms with van der Waals surface area (Å²) >= 11 is 6.13. The van der Waals surface area contributed by atoms with E-state index in [-0.39, 0.29) is 33.2 Å². The Hall–Kier alpha value is -2.62. The number of fused-ring (bicyclic) bond motifs is 1. The lowest BCUT2D eigenvalue weighted by atomic mass is 9.92. The van der Waals surface area contributed by atoms with E-state index in [2.05, 4.69) is 18.8 Å². The van der Waals surface area contributed by atoms with Crippen LogP contribution in [0, 0.1) is 6.92 Å². The lowest BCUT2D eigenvalue weighted by molar-refractivity contribution is -0.348. The van der Waals surface area contributed by atoms with Gasteiger partial charge in [0.05, 0.1) is 16.3 Å². The third-order valence-electron chi connectivity index (χ3n) is 4.71. The molecule has 1 heterocycles. The van der Waals surface area contributed by atoms with Gasteiger partial charge in [0.2, 0.25) is 0 Å². The second-order valence-electron chi connectivity index (χ2n) is 7.21. The molecule has 1 aliphatic heterocycles. The van der Waals surface area contributed by atoms with Crippen molar-refractivity contribution in [2.45, 2.75) is 45.2 Å². The number of aliphatic imine (C=N–C) groups is 1. The van der Waals surface area contributed by atoms with Crippen LogP contribution in [0.4, 0.5) is 36.4 Å². The molecule has 2 aromatic carbocycles. The summed E-state index contributed by atoms with van der Waals surface area (Å²) in [5, 5.41) is 0.190. The van der Waals surface area contributed by atoms with Gasteiger partial charge in [-0.15, -0.1) is 0 Å². The van der Waals surface area contributed by atoms with Gasteiger partial charge in [-0.3, -0.25) is 14.7 Å². The highest BCUT2D eigenvalue weighted by molar-refractivity contribution is 6.43. The number of halogens is 8. The van der Waals surface area contributed by atoms with Gasteiger partial charge >= 0.3 is 18.0 Å². The van der Waals surface area contributed by atoms with Crippen molar-refractivity contribution in [1.29, 1.82) is 0 Å².